The van der Waals surface area contributed by atoms with Crippen LogP contribution in [0.25, 0.3) is 0 Å². The molecule has 0 spiro atoms. The number of hydrogen-bond acceptors (Lipinski definition) is 2. The average molecular weight is 351 g/mol. The number of carbonyl (C=O) groups is 1. The number of hydrogen-bond donors (Lipinski definition) is 1. The molecule has 1 fully saturated rings. The van der Waals surface area contributed by atoms with Gasteiger partial charge >= 0.3 is 5.97 Å². The van der Waals surface area contributed by atoms with Crippen molar-refractivity contribution < 1.29 is 14.6 Å². The lowest BCUT2D eigenvalue weighted by atomic mass is 9.81. The predicted octanol–water partition coefficient (Wildman–Crippen LogP) is 6.29. The fourth-order valence-corrected chi connectivity index (χ4v) is 3.33. The van der Waals surface area contributed by atoms with Crippen LogP contribution < -0.4 is 0 Å². The molecule has 1 unspecified atom stereocenters. The van der Waals surface area contributed by atoms with Crippen LogP contribution >= 0.6 is 0 Å². The first-order valence-electron chi connectivity index (χ1n) is 10.2. The first-order valence-corrected chi connectivity index (χ1v) is 10.2. The zero-order valence-electron chi connectivity index (χ0n) is 16.3. The lowest BCUT2D eigenvalue weighted by molar-refractivity contribution is -0.148. The summed E-state index contributed by atoms with van der Waals surface area (Å²) in [5.74, 6) is -0.703. The van der Waals surface area contributed by atoms with Crippen LogP contribution in [0.3, 0.4) is 0 Å². The third kappa shape index (κ3) is 9.25. The number of aliphatic carboxylic acids is 1. The Labute approximate surface area is 154 Å². The van der Waals surface area contributed by atoms with Gasteiger partial charge in [0.2, 0.25) is 0 Å². The number of carboxylic acid groups (broad SMARTS) is 1. The van der Waals surface area contributed by atoms with Crippen LogP contribution in [-0.2, 0) is 9.53 Å². The van der Waals surface area contributed by atoms with Gasteiger partial charge in [0.05, 0.1) is 17.6 Å². The van der Waals surface area contributed by atoms with Crippen molar-refractivity contribution in [2.24, 2.45) is 5.41 Å². The van der Waals surface area contributed by atoms with E-state index in [1.165, 1.54) is 38.5 Å². The van der Waals surface area contributed by atoms with Gasteiger partial charge in [-0.1, -0.05) is 63.7 Å². The Morgan fingerprint density at radius 1 is 1.12 bits per heavy atom. The molecule has 1 aliphatic heterocycles. The number of unbranched alkanes of at least 4 members (excludes halogenated alkanes) is 6. The smallest absolute Gasteiger partial charge is 0.309 e. The van der Waals surface area contributed by atoms with Crippen LogP contribution in [-0.4, -0.2) is 23.3 Å². The second-order valence-electron chi connectivity index (χ2n) is 7.73. The Morgan fingerprint density at radius 2 is 1.88 bits per heavy atom. The summed E-state index contributed by atoms with van der Waals surface area (Å²) in [6.45, 7) is 7.74. The van der Waals surface area contributed by atoms with Crippen LogP contribution in [0.1, 0.15) is 90.9 Å². The molecular weight excluding hydrogens is 312 g/mol. The van der Waals surface area contributed by atoms with Gasteiger partial charge in [0.15, 0.2) is 0 Å². The fraction of sp³-hybridized carbons (Fsp3) is 0.773. The summed E-state index contributed by atoms with van der Waals surface area (Å²) in [4.78, 5) is 11.3. The molecule has 1 aliphatic rings. The van der Waals surface area contributed by atoms with Crippen LogP contribution in [0.2, 0.25) is 0 Å². The largest absolute Gasteiger partial charge is 0.481 e. The lowest BCUT2D eigenvalue weighted by Gasteiger charge is -2.22. The van der Waals surface area contributed by atoms with Gasteiger partial charge in [-0.15, -0.1) is 6.58 Å². The van der Waals surface area contributed by atoms with Gasteiger partial charge in [-0.2, -0.15) is 0 Å². The molecule has 0 aromatic heterocycles. The molecule has 144 valence electrons. The summed E-state index contributed by atoms with van der Waals surface area (Å²) in [6.07, 6.45) is 20.3. The Balaban J connectivity index is 1.97. The van der Waals surface area contributed by atoms with Crippen molar-refractivity contribution in [3.05, 3.63) is 24.8 Å². The summed E-state index contributed by atoms with van der Waals surface area (Å²) >= 11 is 0. The molecule has 25 heavy (non-hydrogen) atoms. The van der Waals surface area contributed by atoms with Crippen LogP contribution in [0, 0.1) is 5.41 Å². The van der Waals surface area contributed by atoms with Crippen molar-refractivity contribution in [3.63, 3.8) is 0 Å². The molecule has 0 aliphatic carbocycles. The van der Waals surface area contributed by atoms with Crippen LogP contribution in [0.5, 0.6) is 0 Å². The maximum absolute atomic E-state index is 11.3. The maximum Gasteiger partial charge on any atom is 0.309 e. The van der Waals surface area contributed by atoms with E-state index in [4.69, 9.17) is 4.74 Å². The molecule has 0 bridgehead atoms. The van der Waals surface area contributed by atoms with Gasteiger partial charge in [0.25, 0.3) is 0 Å². The number of carboxylic acids is 1. The van der Waals surface area contributed by atoms with Crippen molar-refractivity contribution in [2.45, 2.75) is 103 Å². The first kappa shape index (κ1) is 22.0. The molecular formula is C22H38O3. The van der Waals surface area contributed by atoms with Crippen LogP contribution in [0.15, 0.2) is 24.8 Å². The Hall–Kier alpha value is -1.09. The summed E-state index contributed by atoms with van der Waals surface area (Å²) in [5, 5.41) is 9.33. The van der Waals surface area contributed by atoms with Crippen LogP contribution in [0.4, 0.5) is 0 Å². The van der Waals surface area contributed by atoms with E-state index >= 15 is 0 Å². The van der Waals surface area contributed by atoms with Gasteiger partial charge < -0.3 is 9.84 Å². The minimum Gasteiger partial charge on any atom is -0.481 e. The molecule has 1 N–H and O–H groups in total. The third-order valence-corrected chi connectivity index (χ3v) is 5.28. The van der Waals surface area contributed by atoms with E-state index in [0.29, 0.717) is 18.6 Å². The van der Waals surface area contributed by atoms with E-state index in [-0.39, 0.29) is 0 Å². The molecule has 3 heteroatoms. The number of rotatable bonds is 16. The van der Waals surface area contributed by atoms with Gasteiger partial charge in [-0.05, 0) is 45.4 Å². The summed E-state index contributed by atoms with van der Waals surface area (Å²) in [6, 6.07) is 0. The van der Waals surface area contributed by atoms with E-state index in [9.17, 15) is 9.90 Å². The van der Waals surface area contributed by atoms with Crippen molar-refractivity contribution in [1.29, 1.82) is 0 Å². The molecule has 0 radical (unpaired) electrons. The highest BCUT2D eigenvalue weighted by atomic mass is 16.6. The van der Waals surface area contributed by atoms with Gasteiger partial charge in [0.1, 0.15) is 0 Å². The molecule has 0 aromatic carbocycles. The minimum atomic E-state index is -0.703. The summed E-state index contributed by atoms with van der Waals surface area (Å²) in [5.41, 5.74) is -0.639. The highest BCUT2D eigenvalue weighted by Gasteiger charge is 2.36. The molecule has 0 amide bonds. The standard InChI is InChI=1S/C22H38O3/c1-4-6-12-15-19-20(25-19)16-13-10-8-7-9-11-14-18-22(3,17-5-2)21(23)24/h5,10,13,19-20H,2,4,6-9,11-12,14-18H2,1,3H3,(H,23,24)/b13-10-/t19-,20+,22?/m1/s1. The predicted molar refractivity (Wildman–Crippen MR) is 105 cm³/mol. The monoisotopic (exact) mass is 350 g/mol. The molecule has 3 nitrogen and oxygen atoms in total. The second kappa shape index (κ2) is 12.3. The molecule has 1 rings (SSSR count). The molecule has 3 atom stereocenters. The summed E-state index contributed by atoms with van der Waals surface area (Å²) in [7, 11) is 0. The number of epoxide rings is 1. The lowest BCUT2D eigenvalue weighted by Crippen LogP contribution is -2.26. The molecule has 0 aromatic rings. The SMILES string of the molecule is C=CCC(C)(CCCCCC/C=C\C[C@@H]1O[C@@H]1CCCCC)C(=O)O. The first-order chi connectivity index (χ1) is 12.0. The molecule has 1 heterocycles. The zero-order valence-corrected chi connectivity index (χ0v) is 16.3. The number of allylic oxidation sites excluding steroid dienone is 2. The fourth-order valence-electron chi connectivity index (χ4n) is 3.33. The Morgan fingerprint density at radius 3 is 2.56 bits per heavy atom. The van der Waals surface area contributed by atoms with E-state index in [0.717, 1.165) is 32.1 Å². The van der Waals surface area contributed by atoms with Gasteiger partial charge in [-0.3, -0.25) is 4.79 Å². The normalized spacial score (nSPS) is 22.0. The summed E-state index contributed by atoms with van der Waals surface area (Å²) < 4.78 is 5.69. The van der Waals surface area contributed by atoms with E-state index < -0.39 is 11.4 Å². The van der Waals surface area contributed by atoms with Crippen molar-refractivity contribution in [1.82, 2.24) is 0 Å². The van der Waals surface area contributed by atoms with Crippen molar-refractivity contribution in [3.8, 4) is 0 Å². The second-order valence-corrected chi connectivity index (χ2v) is 7.73. The van der Waals surface area contributed by atoms with E-state index in [1.807, 2.05) is 6.92 Å². The average Bonchev–Trinajstić information content (AvgIpc) is 3.32. The Bertz CT molecular complexity index is 415. The third-order valence-electron chi connectivity index (χ3n) is 5.28. The zero-order chi connectivity index (χ0) is 18.5. The molecule has 0 saturated carbocycles. The topological polar surface area (TPSA) is 49.8 Å². The molecule has 1 saturated heterocycles. The number of ether oxygens (including phenoxy) is 1. The Kier molecular flexibility index (Phi) is 10.8. The highest BCUT2D eigenvalue weighted by Crippen LogP contribution is 2.31. The van der Waals surface area contributed by atoms with Crippen molar-refractivity contribution >= 4 is 5.97 Å². The van der Waals surface area contributed by atoms with Crippen molar-refractivity contribution in [2.75, 3.05) is 0 Å². The highest BCUT2D eigenvalue weighted by molar-refractivity contribution is 5.74. The maximum atomic E-state index is 11.3. The van der Waals surface area contributed by atoms with E-state index in [2.05, 4.69) is 25.7 Å². The van der Waals surface area contributed by atoms with E-state index in [1.54, 1.807) is 6.08 Å². The van der Waals surface area contributed by atoms with Gasteiger partial charge in [0, 0.05) is 0 Å². The van der Waals surface area contributed by atoms with Gasteiger partial charge in [-0.25, -0.2) is 0 Å². The quantitative estimate of drug-likeness (QED) is 0.202. The minimum absolute atomic E-state index is 0.478.